The lowest BCUT2D eigenvalue weighted by atomic mass is 9.79. The standard InChI is InChI=1S/C12H19BN2O3/c1-11(2)12(3,4)18-13(17-11)9-6-8(14)7-15-10(9)16-5/h6-7H,14H2,1-5H3. The van der Waals surface area contributed by atoms with E-state index in [1.165, 1.54) is 0 Å². The van der Waals surface area contributed by atoms with Gasteiger partial charge in [0, 0.05) is 11.2 Å². The average molecular weight is 250 g/mol. The highest BCUT2D eigenvalue weighted by molar-refractivity contribution is 6.63. The number of aromatic nitrogens is 1. The first-order valence-corrected chi connectivity index (χ1v) is 5.92. The summed E-state index contributed by atoms with van der Waals surface area (Å²) in [5, 5.41) is 0. The Labute approximate surface area is 108 Å². The van der Waals surface area contributed by atoms with Gasteiger partial charge in [-0.05, 0) is 33.8 Å². The van der Waals surface area contributed by atoms with Gasteiger partial charge in [0.1, 0.15) is 0 Å². The van der Waals surface area contributed by atoms with Crippen molar-refractivity contribution in [1.82, 2.24) is 4.98 Å². The molecule has 0 saturated carbocycles. The molecule has 0 unspecified atom stereocenters. The molecule has 0 radical (unpaired) electrons. The Balaban J connectivity index is 2.37. The van der Waals surface area contributed by atoms with Crippen LogP contribution >= 0.6 is 0 Å². The fourth-order valence-electron chi connectivity index (χ4n) is 1.80. The number of nitrogens with zero attached hydrogens (tertiary/aromatic N) is 1. The molecule has 2 N–H and O–H groups in total. The molecule has 5 nitrogen and oxygen atoms in total. The first-order chi connectivity index (χ1) is 8.27. The van der Waals surface area contributed by atoms with E-state index in [9.17, 15) is 0 Å². The molecule has 2 heterocycles. The zero-order chi connectivity index (χ0) is 13.6. The van der Waals surface area contributed by atoms with Gasteiger partial charge in [0.25, 0.3) is 0 Å². The number of methoxy groups -OCH3 is 1. The molecule has 1 fully saturated rings. The summed E-state index contributed by atoms with van der Waals surface area (Å²) in [6.45, 7) is 8.00. The van der Waals surface area contributed by atoms with Crippen LogP contribution in [0.4, 0.5) is 5.69 Å². The molecule has 18 heavy (non-hydrogen) atoms. The third kappa shape index (κ3) is 2.06. The van der Waals surface area contributed by atoms with Crippen LogP contribution in [0.15, 0.2) is 12.3 Å². The van der Waals surface area contributed by atoms with Crippen molar-refractivity contribution < 1.29 is 14.0 Å². The van der Waals surface area contributed by atoms with Gasteiger partial charge in [0.2, 0.25) is 5.88 Å². The maximum absolute atomic E-state index is 5.95. The van der Waals surface area contributed by atoms with Crippen molar-refractivity contribution in [3.05, 3.63) is 12.3 Å². The van der Waals surface area contributed by atoms with Crippen LogP contribution < -0.4 is 15.9 Å². The average Bonchev–Trinajstić information content (AvgIpc) is 2.48. The first-order valence-electron chi connectivity index (χ1n) is 5.92. The molecule has 0 bridgehead atoms. The molecule has 2 rings (SSSR count). The monoisotopic (exact) mass is 250 g/mol. The second-order valence-electron chi connectivity index (χ2n) is 5.46. The van der Waals surface area contributed by atoms with Crippen LogP contribution in [0, 0.1) is 0 Å². The number of anilines is 1. The Hall–Kier alpha value is -1.27. The summed E-state index contributed by atoms with van der Waals surface area (Å²) >= 11 is 0. The van der Waals surface area contributed by atoms with E-state index in [0.29, 0.717) is 11.6 Å². The predicted octanol–water partition coefficient (Wildman–Crippen LogP) is 0.972. The van der Waals surface area contributed by atoms with Crippen molar-refractivity contribution in [2.75, 3.05) is 12.8 Å². The minimum Gasteiger partial charge on any atom is -0.481 e. The number of nitrogens with two attached hydrogens (primary N) is 1. The summed E-state index contributed by atoms with van der Waals surface area (Å²) < 4.78 is 17.1. The third-order valence-corrected chi connectivity index (χ3v) is 3.60. The fourth-order valence-corrected chi connectivity index (χ4v) is 1.80. The molecule has 98 valence electrons. The van der Waals surface area contributed by atoms with Crippen LogP contribution in [-0.4, -0.2) is 30.4 Å². The Morgan fingerprint density at radius 1 is 1.22 bits per heavy atom. The van der Waals surface area contributed by atoms with Crippen molar-refractivity contribution in [2.24, 2.45) is 0 Å². The Kier molecular flexibility index (Phi) is 3.03. The Morgan fingerprint density at radius 2 is 1.78 bits per heavy atom. The van der Waals surface area contributed by atoms with Crippen LogP contribution in [0.25, 0.3) is 0 Å². The van der Waals surface area contributed by atoms with Gasteiger partial charge in [-0.15, -0.1) is 0 Å². The maximum atomic E-state index is 5.95. The zero-order valence-electron chi connectivity index (χ0n) is 11.5. The molecule has 0 atom stereocenters. The topological polar surface area (TPSA) is 66.6 Å². The summed E-state index contributed by atoms with van der Waals surface area (Å²) in [6, 6.07) is 1.77. The largest absolute Gasteiger partial charge is 0.500 e. The van der Waals surface area contributed by atoms with Crippen molar-refractivity contribution in [3.63, 3.8) is 0 Å². The van der Waals surface area contributed by atoms with Crippen LogP contribution in [0.3, 0.4) is 0 Å². The predicted molar refractivity (Wildman–Crippen MR) is 70.9 cm³/mol. The molecule has 6 heteroatoms. The summed E-state index contributed by atoms with van der Waals surface area (Å²) in [6.07, 6.45) is 1.55. The van der Waals surface area contributed by atoms with E-state index in [1.807, 2.05) is 27.7 Å². The molecule has 0 amide bonds. The van der Waals surface area contributed by atoms with Gasteiger partial charge in [-0.2, -0.15) is 0 Å². The highest BCUT2D eigenvalue weighted by Gasteiger charge is 2.52. The molecule has 1 aromatic heterocycles. The quantitative estimate of drug-likeness (QED) is 0.792. The highest BCUT2D eigenvalue weighted by Crippen LogP contribution is 2.37. The van der Waals surface area contributed by atoms with Gasteiger partial charge in [0.05, 0.1) is 24.5 Å². The van der Waals surface area contributed by atoms with Gasteiger partial charge in [-0.3, -0.25) is 0 Å². The summed E-state index contributed by atoms with van der Waals surface area (Å²) in [4.78, 5) is 4.13. The highest BCUT2D eigenvalue weighted by atomic mass is 16.7. The minimum atomic E-state index is -0.513. The second-order valence-corrected chi connectivity index (χ2v) is 5.46. The van der Waals surface area contributed by atoms with E-state index in [1.54, 1.807) is 19.4 Å². The molecule has 0 aliphatic carbocycles. The van der Waals surface area contributed by atoms with Gasteiger partial charge >= 0.3 is 7.12 Å². The Bertz CT molecular complexity index is 447. The normalized spacial score (nSPS) is 21.1. The molecule has 1 aliphatic heterocycles. The van der Waals surface area contributed by atoms with Crippen molar-refractivity contribution in [3.8, 4) is 5.88 Å². The lowest BCUT2D eigenvalue weighted by molar-refractivity contribution is 0.00578. The number of ether oxygens (including phenoxy) is 1. The number of hydrogen-bond acceptors (Lipinski definition) is 5. The van der Waals surface area contributed by atoms with E-state index >= 15 is 0 Å². The number of hydrogen-bond donors (Lipinski definition) is 1. The van der Waals surface area contributed by atoms with Crippen molar-refractivity contribution in [1.29, 1.82) is 0 Å². The van der Waals surface area contributed by atoms with E-state index < -0.39 is 18.3 Å². The van der Waals surface area contributed by atoms with E-state index in [-0.39, 0.29) is 0 Å². The number of pyridine rings is 1. The van der Waals surface area contributed by atoms with Gasteiger partial charge in [-0.25, -0.2) is 4.98 Å². The second kappa shape index (κ2) is 4.14. The van der Waals surface area contributed by atoms with Crippen LogP contribution in [-0.2, 0) is 9.31 Å². The molecule has 0 spiro atoms. The fraction of sp³-hybridized carbons (Fsp3) is 0.583. The van der Waals surface area contributed by atoms with Crippen LogP contribution in [0.1, 0.15) is 27.7 Å². The van der Waals surface area contributed by atoms with E-state index in [2.05, 4.69) is 4.98 Å². The van der Waals surface area contributed by atoms with Gasteiger partial charge < -0.3 is 19.8 Å². The Morgan fingerprint density at radius 3 is 2.28 bits per heavy atom. The lowest BCUT2D eigenvalue weighted by Gasteiger charge is -2.32. The molecule has 0 aromatic carbocycles. The number of rotatable bonds is 2. The smallest absolute Gasteiger partial charge is 0.481 e. The SMILES string of the molecule is COc1ncc(N)cc1B1OC(C)(C)C(C)(C)O1. The van der Waals surface area contributed by atoms with Crippen molar-refractivity contribution >= 4 is 18.3 Å². The first kappa shape index (κ1) is 13.2. The van der Waals surface area contributed by atoms with E-state index in [4.69, 9.17) is 19.8 Å². The van der Waals surface area contributed by atoms with Gasteiger partial charge in [0.15, 0.2) is 0 Å². The van der Waals surface area contributed by atoms with Gasteiger partial charge in [-0.1, -0.05) is 0 Å². The zero-order valence-corrected chi connectivity index (χ0v) is 11.5. The molecular weight excluding hydrogens is 231 g/mol. The molecular formula is C12H19BN2O3. The molecule has 1 aliphatic rings. The van der Waals surface area contributed by atoms with Crippen LogP contribution in [0.2, 0.25) is 0 Å². The van der Waals surface area contributed by atoms with Crippen LogP contribution in [0.5, 0.6) is 5.88 Å². The number of nitrogen functional groups attached to an aromatic ring is 1. The summed E-state index contributed by atoms with van der Waals surface area (Å²) in [5.74, 6) is 0.475. The summed E-state index contributed by atoms with van der Waals surface area (Å²) in [5.41, 5.74) is 6.24. The third-order valence-electron chi connectivity index (χ3n) is 3.60. The minimum absolute atomic E-state index is 0.396. The maximum Gasteiger partial charge on any atom is 0.500 e. The molecule has 1 aromatic rings. The van der Waals surface area contributed by atoms with E-state index in [0.717, 1.165) is 5.46 Å². The lowest BCUT2D eigenvalue weighted by Crippen LogP contribution is -2.41. The summed E-state index contributed by atoms with van der Waals surface area (Å²) in [7, 11) is 1.05. The molecule has 1 saturated heterocycles. The van der Waals surface area contributed by atoms with Crippen molar-refractivity contribution in [2.45, 2.75) is 38.9 Å².